The Bertz CT molecular complexity index is 779. The van der Waals surface area contributed by atoms with Crippen LogP contribution in [0.4, 0.5) is 14.5 Å². The molecule has 0 atom stereocenters. The van der Waals surface area contributed by atoms with E-state index in [2.05, 4.69) is 10.3 Å². The number of hydrogen-bond acceptors (Lipinski definition) is 4. The molecule has 7 heteroatoms. The Hall–Kier alpha value is -2.02. The van der Waals surface area contributed by atoms with Gasteiger partial charge in [-0.3, -0.25) is 4.79 Å². The van der Waals surface area contributed by atoms with Crippen molar-refractivity contribution in [2.75, 3.05) is 5.32 Å². The highest BCUT2D eigenvalue weighted by Crippen LogP contribution is 2.45. The number of hydrogen-bond donors (Lipinski definition) is 2. The molecule has 0 spiro atoms. The summed E-state index contributed by atoms with van der Waals surface area (Å²) < 4.78 is 33.7. The number of nitrogens with zero attached hydrogens (tertiary/aromatic N) is 1. The van der Waals surface area contributed by atoms with E-state index in [1.54, 1.807) is 6.07 Å². The molecule has 2 aliphatic carbocycles. The number of benzene rings is 1. The largest absolute Gasteiger partial charge is 0.440 e. The lowest BCUT2D eigenvalue weighted by molar-refractivity contribution is -0.212. The van der Waals surface area contributed by atoms with Crippen LogP contribution in [0.1, 0.15) is 43.9 Å². The van der Waals surface area contributed by atoms with Gasteiger partial charge in [-0.15, -0.1) is 0 Å². The van der Waals surface area contributed by atoms with Crippen LogP contribution in [0.25, 0.3) is 11.1 Å². The zero-order chi connectivity index (χ0) is 16.2. The van der Waals surface area contributed by atoms with Gasteiger partial charge in [0.1, 0.15) is 11.1 Å². The van der Waals surface area contributed by atoms with Crippen LogP contribution in [-0.4, -0.2) is 27.5 Å². The standard InChI is InChI=1S/C16H16F2N2O3/c17-16(18,15(22)6-1-7-15)14(21)19-10-4-5-12-11(8-10)20-13(23-12)9-2-3-9/h4-5,8-9,22H,1-3,6-7H2,(H,19,21). The van der Waals surface area contributed by atoms with Crippen LogP contribution in [0, 0.1) is 0 Å². The van der Waals surface area contributed by atoms with Crippen LogP contribution >= 0.6 is 0 Å². The Balaban J connectivity index is 1.55. The molecular weight excluding hydrogens is 306 g/mol. The van der Waals surface area contributed by atoms with Gasteiger partial charge in [-0.25, -0.2) is 4.98 Å². The van der Waals surface area contributed by atoms with Gasteiger partial charge in [-0.1, -0.05) is 0 Å². The molecule has 23 heavy (non-hydrogen) atoms. The van der Waals surface area contributed by atoms with Crippen LogP contribution in [-0.2, 0) is 4.79 Å². The van der Waals surface area contributed by atoms with Crippen molar-refractivity contribution in [1.29, 1.82) is 0 Å². The Labute approximate surface area is 130 Å². The maximum absolute atomic E-state index is 14.1. The van der Waals surface area contributed by atoms with Crippen molar-refractivity contribution in [3.63, 3.8) is 0 Å². The van der Waals surface area contributed by atoms with Crippen molar-refractivity contribution in [1.82, 2.24) is 4.98 Å². The Kier molecular flexibility index (Phi) is 3.00. The van der Waals surface area contributed by atoms with Crippen LogP contribution in [0.15, 0.2) is 22.6 Å². The van der Waals surface area contributed by atoms with Crippen LogP contribution in [0.5, 0.6) is 0 Å². The minimum absolute atomic E-state index is 0.0690. The zero-order valence-electron chi connectivity index (χ0n) is 12.3. The van der Waals surface area contributed by atoms with Gasteiger partial charge >= 0.3 is 5.92 Å². The third kappa shape index (κ3) is 2.30. The lowest BCUT2D eigenvalue weighted by Crippen LogP contribution is -2.59. The molecule has 0 aliphatic heterocycles. The van der Waals surface area contributed by atoms with Crippen molar-refractivity contribution < 1.29 is 23.1 Å². The topological polar surface area (TPSA) is 75.4 Å². The molecule has 2 saturated carbocycles. The van der Waals surface area contributed by atoms with Crippen molar-refractivity contribution >= 4 is 22.7 Å². The molecule has 2 N–H and O–H groups in total. The Morgan fingerprint density at radius 1 is 1.39 bits per heavy atom. The van der Waals surface area contributed by atoms with E-state index >= 15 is 0 Å². The first-order valence-corrected chi connectivity index (χ1v) is 7.71. The number of fused-ring (bicyclic) bond motifs is 1. The second-order valence-corrected chi connectivity index (χ2v) is 6.42. The average molecular weight is 322 g/mol. The highest BCUT2D eigenvalue weighted by atomic mass is 19.3. The molecule has 0 unspecified atom stereocenters. The molecule has 1 amide bonds. The number of nitrogens with one attached hydrogen (secondary N) is 1. The maximum atomic E-state index is 14.1. The van der Waals surface area contributed by atoms with Gasteiger partial charge in [0.2, 0.25) is 0 Å². The number of aliphatic hydroxyl groups is 1. The van der Waals surface area contributed by atoms with Crippen LogP contribution in [0.2, 0.25) is 0 Å². The van der Waals surface area contributed by atoms with Gasteiger partial charge < -0.3 is 14.8 Å². The molecule has 5 nitrogen and oxygen atoms in total. The van der Waals surface area contributed by atoms with E-state index in [1.807, 2.05) is 0 Å². The number of aromatic nitrogens is 1. The highest BCUT2D eigenvalue weighted by Gasteiger charge is 2.61. The first-order valence-electron chi connectivity index (χ1n) is 7.71. The van der Waals surface area contributed by atoms with Gasteiger partial charge in [0.25, 0.3) is 5.91 Å². The Morgan fingerprint density at radius 2 is 2.13 bits per heavy atom. The fraction of sp³-hybridized carbons (Fsp3) is 0.500. The van der Waals surface area contributed by atoms with Crippen molar-refractivity contribution in [3.8, 4) is 0 Å². The van der Waals surface area contributed by atoms with E-state index < -0.39 is 17.4 Å². The molecule has 4 rings (SSSR count). The second kappa shape index (κ2) is 4.74. The number of rotatable bonds is 4. The molecule has 2 fully saturated rings. The summed E-state index contributed by atoms with van der Waals surface area (Å²) in [4.78, 5) is 16.2. The Morgan fingerprint density at radius 3 is 2.74 bits per heavy atom. The van der Waals surface area contributed by atoms with Crippen molar-refractivity contribution in [2.24, 2.45) is 0 Å². The normalized spacial score (nSPS) is 20.3. The molecule has 2 aliphatic rings. The first-order chi connectivity index (χ1) is 10.9. The minimum atomic E-state index is -3.82. The lowest BCUT2D eigenvalue weighted by Gasteiger charge is -2.41. The molecule has 0 bridgehead atoms. The molecule has 1 heterocycles. The molecular formula is C16H16F2N2O3. The number of halogens is 2. The van der Waals surface area contributed by atoms with E-state index in [-0.39, 0.29) is 18.5 Å². The molecule has 0 radical (unpaired) electrons. The third-order valence-electron chi connectivity index (χ3n) is 4.64. The monoisotopic (exact) mass is 322 g/mol. The van der Waals surface area contributed by atoms with E-state index in [1.165, 1.54) is 12.1 Å². The number of alkyl halides is 2. The van der Waals surface area contributed by atoms with Gasteiger partial charge in [-0.2, -0.15) is 8.78 Å². The van der Waals surface area contributed by atoms with Crippen molar-refractivity contribution in [3.05, 3.63) is 24.1 Å². The maximum Gasteiger partial charge on any atom is 0.352 e. The SMILES string of the molecule is O=C(Nc1ccc2oc(C3CC3)nc2c1)C(F)(F)C1(O)CCC1. The highest BCUT2D eigenvalue weighted by molar-refractivity contribution is 5.98. The van der Waals surface area contributed by atoms with Gasteiger partial charge in [-0.05, 0) is 50.3 Å². The van der Waals surface area contributed by atoms with E-state index in [0.717, 1.165) is 12.8 Å². The number of anilines is 1. The average Bonchev–Trinajstić information content (AvgIpc) is 3.24. The molecule has 2 aromatic rings. The summed E-state index contributed by atoms with van der Waals surface area (Å²) >= 11 is 0. The summed E-state index contributed by atoms with van der Waals surface area (Å²) in [5.41, 5.74) is -0.931. The summed E-state index contributed by atoms with van der Waals surface area (Å²) in [5.74, 6) is -4.32. The number of carbonyl (C=O) groups excluding carboxylic acids is 1. The fourth-order valence-electron chi connectivity index (χ4n) is 2.77. The van der Waals surface area contributed by atoms with Crippen LogP contribution in [0.3, 0.4) is 0 Å². The number of amides is 1. The summed E-state index contributed by atoms with van der Waals surface area (Å²) in [5, 5.41) is 12.0. The van der Waals surface area contributed by atoms with E-state index in [9.17, 15) is 18.7 Å². The second-order valence-electron chi connectivity index (χ2n) is 6.42. The molecule has 1 aromatic heterocycles. The summed E-state index contributed by atoms with van der Waals surface area (Å²) in [6, 6.07) is 4.59. The zero-order valence-corrected chi connectivity index (χ0v) is 12.3. The van der Waals surface area contributed by atoms with Gasteiger partial charge in [0.05, 0.1) is 0 Å². The predicted molar refractivity (Wildman–Crippen MR) is 78.4 cm³/mol. The molecule has 1 aromatic carbocycles. The van der Waals surface area contributed by atoms with Gasteiger partial charge in [0.15, 0.2) is 11.5 Å². The minimum Gasteiger partial charge on any atom is -0.440 e. The smallest absolute Gasteiger partial charge is 0.352 e. The third-order valence-corrected chi connectivity index (χ3v) is 4.64. The van der Waals surface area contributed by atoms with E-state index in [0.29, 0.717) is 29.3 Å². The summed E-state index contributed by atoms with van der Waals surface area (Å²) in [6.45, 7) is 0. The van der Waals surface area contributed by atoms with Crippen molar-refractivity contribution in [2.45, 2.75) is 49.5 Å². The fourth-order valence-corrected chi connectivity index (χ4v) is 2.77. The number of oxazole rings is 1. The summed E-state index contributed by atoms with van der Waals surface area (Å²) in [6.07, 6.45) is 2.44. The van der Waals surface area contributed by atoms with Crippen LogP contribution < -0.4 is 5.32 Å². The lowest BCUT2D eigenvalue weighted by atomic mass is 9.75. The quantitative estimate of drug-likeness (QED) is 0.906. The van der Waals surface area contributed by atoms with Gasteiger partial charge in [0, 0.05) is 11.6 Å². The summed E-state index contributed by atoms with van der Waals surface area (Å²) in [7, 11) is 0. The molecule has 122 valence electrons. The number of carbonyl (C=O) groups is 1. The predicted octanol–water partition coefficient (Wildman–Crippen LogP) is 3.19. The first kappa shape index (κ1) is 14.6. The molecule has 0 saturated heterocycles. The van der Waals surface area contributed by atoms with E-state index in [4.69, 9.17) is 4.42 Å².